The summed E-state index contributed by atoms with van der Waals surface area (Å²) >= 11 is 12.1. The smallest absolute Gasteiger partial charge is 0.182 e. The Morgan fingerprint density at radius 2 is 2.16 bits per heavy atom. The summed E-state index contributed by atoms with van der Waals surface area (Å²) in [6.07, 6.45) is 2.30. The van der Waals surface area contributed by atoms with Gasteiger partial charge in [-0.2, -0.15) is 5.10 Å². The van der Waals surface area contributed by atoms with Crippen LogP contribution in [0.15, 0.2) is 18.2 Å². The zero-order valence-electron chi connectivity index (χ0n) is 10.3. The van der Waals surface area contributed by atoms with Crippen molar-refractivity contribution >= 4 is 23.2 Å². The summed E-state index contributed by atoms with van der Waals surface area (Å²) < 4.78 is 0. The van der Waals surface area contributed by atoms with Crippen molar-refractivity contribution in [3.8, 4) is 11.4 Å². The molecule has 0 aliphatic carbocycles. The van der Waals surface area contributed by atoms with Gasteiger partial charge in [-0.05, 0) is 37.6 Å². The van der Waals surface area contributed by atoms with Gasteiger partial charge in [-0.1, -0.05) is 23.2 Å². The summed E-state index contributed by atoms with van der Waals surface area (Å²) in [7, 11) is 0. The second-order valence-electron chi connectivity index (χ2n) is 4.71. The van der Waals surface area contributed by atoms with Crippen LogP contribution in [0.2, 0.25) is 10.0 Å². The molecule has 1 fully saturated rings. The normalized spacial score (nSPS) is 19.6. The SMILES string of the molecule is Clc1ccc(-c2n[nH]c(C3CCCNC3)n2)c(Cl)c1. The molecule has 1 saturated heterocycles. The molecule has 1 aromatic carbocycles. The third-order valence-corrected chi connectivity index (χ3v) is 3.91. The first-order chi connectivity index (χ1) is 9.24. The minimum absolute atomic E-state index is 0.404. The van der Waals surface area contributed by atoms with Crippen LogP contribution in [-0.4, -0.2) is 28.3 Å². The maximum absolute atomic E-state index is 6.17. The molecular weight excluding hydrogens is 283 g/mol. The van der Waals surface area contributed by atoms with Crippen molar-refractivity contribution in [2.24, 2.45) is 0 Å². The second kappa shape index (κ2) is 5.49. The topological polar surface area (TPSA) is 53.6 Å². The lowest BCUT2D eigenvalue weighted by atomic mass is 9.99. The summed E-state index contributed by atoms with van der Waals surface area (Å²) in [5, 5.41) is 11.8. The van der Waals surface area contributed by atoms with Gasteiger partial charge in [0.2, 0.25) is 0 Å². The standard InChI is InChI=1S/C13H14Cl2N4/c14-9-3-4-10(11(15)6-9)13-17-12(18-19-13)8-2-1-5-16-7-8/h3-4,6,8,16H,1-2,5,7H2,(H,17,18,19). The van der Waals surface area contributed by atoms with Crippen molar-refractivity contribution < 1.29 is 0 Å². The Kier molecular flexibility index (Phi) is 3.73. The van der Waals surface area contributed by atoms with Crippen LogP contribution < -0.4 is 5.32 Å². The van der Waals surface area contributed by atoms with Crippen molar-refractivity contribution in [3.63, 3.8) is 0 Å². The molecule has 0 amide bonds. The number of aromatic amines is 1. The number of hydrogen-bond acceptors (Lipinski definition) is 3. The molecular formula is C13H14Cl2N4. The largest absolute Gasteiger partial charge is 0.316 e. The number of H-pyrrole nitrogens is 1. The molecule has 0 spiro atoms. The van der Waals surface area contributed by atoms with Crippen LogP contribution in [0.4, 0.5) is 0 Å². The molecule has 2 heterocycles. The molecule has 4 nitrogen and oxygen atoms in total. The molecule has 0 saturated carbocycles. The van der Waals surface area contributed by atoms with Crippen LogP contribution in [0, 0.1) is 0 Å². The number of benzene rings is 1. The zero-order valence-corrected chi connectivity index (χ0v) is 11.8. The van der Waals surface area contributed by atoms with Gasteiger partial charge in [0.25, 0.3) is 0 Å². The van der Waals surface area contributed by atoms with Crippen molar-refractivity contribution in [1.29, 1.82) is 0 Å². The van der Waals surface area contributed by atoms with Crippen molar-refractivity contribution in [2.75, 3.05) is 13.1 Å². The Labute approximate surface area is 121 Å². The maximum Gasteiger partial charge on any atom is 0.182 e. The molecule has 6 heteroatoms. The molecule has 0 bridgehead atoms. The summed E-state index contributed by atoms with van der Waals surface area (Å²) in [6.45, 7) is 2.03. The van der Waals surface area contributed by atoms with Crippen LogP contribution in [-0.2, 0) is 0 Å². The second-order valence-corrected chi connectivity index (χ2v) is 5.56. The van der Waals surface area contributed by atoms with E-state index in [-0.39, 0.29) is 0 Å². The molecule has 1 aromatic heterocycles. The lowest BCUT2D eigenvalue weighted by Crippen LogP contribution is -2.28. The summed E-state index contributed by atoms with van der Waals surface area (Å²) in [5.74, 6) is 1.96. The van der Waals surface area contributed by atoms with E-state index in [9.17, 15) is 0 Å². The number of hydrogen-bond donors (Lipinski definition) is 2. The van der Waals surface area contributed by atoms with Crippen molar-refractivity contribution in [1.82, 2.24) is 20.5 Å². The van der Waals surface area contributed by atoms with E-state index in [2.05, 4.69) is 20.5 Å². The van der Waals surface area contributed by atoms with E-state index in [1.165, 1.54) is 6.42 Å². The third kappa shape index (κ3) is 2.76. The summed E-state index contributed by atoms with van der Waals surface area (Å²) in [6, 6.07) is 5.34. The number of nitrogens with zero attached hydrogens (tertiary/aromatic N) is 2. The van der Waals surface area contributed by atoms with E-state index in [4.69, 9.17) is 23.2 Å². The van der Waals surface area contributed by atoms with Crippen LogP contribution in [0.25, 0.3) is 11.4 Å². The minimum atomic E-state index is 0.404. The maximum atomic E-state index is 6.17. The molecule has 1 aliphatic heterocycles. The first kappa shape index (κ1) is 12.9. The highest BCUT2D eigenvalue weighted by Gasteiger charge is 2.19. The fourth-order valence-corrected chi connectivity index (χ4v) is 2.83. The average molecular weight is 297 g/mol. The Morgan fingerprint density at radius 3 is 2.89 bits per heavy atom. The molecule has 1 aliphatic rings. The number of halogens is 2. The van der Waals surface area contributed by atoms with Crippen LogP contribution in [0.1, 0.15) is 24.6 Å². The highest BCUT2D eigenvalue weighted by molar-refractivity contribution is 6.36. The van der Waals surface area contributed by atoms with Crippen molar-refractivity contribution in [2.45, 2.75) is 18.8 Å². The Hall–Kier alpha value is -1.10. The van der Waals surface area contributed by atoms with Gasteiger partial charge in [-0.15, -0.1) is 0 Å². The Bertz CT molecular complexity index is 576. The molecule has 19 heavy (non-hydrogen) atoms. The molecule has 2 N–H and O–H groups in total. The van der Waals surface area contributed by atoms with Crippen molar-refractivity contribution in [3.05, 3.63) is 34.1 Å². The minimum Gasteiger partial charge on any atom is -0.316 e. The van der Waals surface area contributed by atoms with Crippen LogP contribution in [0.5, 0.6) is 0 Å². The number of rotatable bonds is 2. The van der Waals surface area contributed by atoms with Gasteiger partial charge in [0.15, 0.2) is 5.82 Å². The number of nitrogens with one attached hydrogen (secondary N) is 2. The third-order valence-electron chi connectivity index (χ3n) is 3.36. The van der Waals surface area contributed by atoms with Gasteiger partial charge in [-0.25, -0.2) is 4.98 Å². The number of piperidine rings is 1. The van der Waals surface area contributed by atoms with E-state index in [0.717, 1.165) is 30.9 Å². The fraction of sp³-hybridized carbons (Fsp3) is 0.385. The van der Waals surface area contributed by atoms with Gasteiger partial charge >= 0.3 is 0 Å². The van der Waals surface area contributed by atoms with Gasteiger partial charge < -0.3 is 5.32 Å². The van der Waals surface area contributed by atoms with Crippen LogP contribution >= 0.6 is 23.2 Å². The molecule has 1 atom stereocenters. The van der Waals surface area contributed by atoms with E-state index in [1.807, 2.05) is 6.07 Å². The van der Waals surface area contributed by atoms with E-state index in [1.54, 1.807) is 12.1 Å². The first-order valence-electron chi connectivity index (χ1n) is 6.32. The van der Waals surface area contributed by atoms with E-state index >= 15 is 0 Å². The molecule has 1 unspecified atom stereocenters. The Morgan fingerprint density at radius 1 is 1.26 bits per heavy atom. The van der Waals surface area contributed by atoms with Gasteiger partial charge in [-0.3, -0.25) is 5.10 Å². The zero-order chi connectivity index (χ0) is 13.2. The van der Waals surface area contributed by atoms with E-state index in [0.29, 0.717) is 21.8 Å². The van der Waals surface area contributed by atoms with Gasteiger partial charge in [0.05, 0.1) is 5.02 Å². The summed E-state index contributed by atoms with van der Waals surface area (Å²) in [5.41, 5.74) is 0.803. The fourth-order valence-electron chi connectivity index (χ4n) is 2.33. The lowest BCUT2D eigenvalue weighted by Gasteiger charge is -2.20. The summed E-state index contributed by atoms with van der Waals surface area (Å²) in [4.78, 5) is 4.56. The highest BCUT2D eigenvalue weighted by Crippen LogP contribution is 2.29. The molecule has 2 aromatic rings. The van der Waals surface area contributed by atoms with Gasteiger partial charge in [0.1, 0.15) is 5.82 Å². The molecule has 100 valence electrons. The molecule has 3 rings (SSSR count). The predicted molar refractivity (Wildman–Crippen MR) is 76.7 cm³/mol. The Balaban J connectivity index is 1.87. The first-order valence-corrected chi connectivity index (χ1v) is 7.08. The quantitative estimate of drug-likeness (QED) is 0.894. The average Bonchev–Trinajstić information content (AvgIpc) is 2.89. The van der Waals surface area contributed by atoms with E-state index < -0.39 is 0 Å². The number of aromatic nitrogens is 3. The predicted octanol–water partition coefficient (Wildman–Crippen LogP) is 3.25. The highest BCUT2D eigenvalue weighted by atomic mass is 35.5. The monoisotopic (exact) mass is 296 g/mol. The van der Waals surface area contributed by atoms with Crippen LogP contribution in [0.3, 0.4) is 0 Å². The lowest BCUT2D eigenvalue weighted by molar-refractivity contribution is 0.447. The van der Waals surface area contributed by atoms with Gasteiger partial charge in [0, 0.05) is 23.0 Å². The molecule has 0 radical (unpaired) electrons.